The van der Waals surface area contributed by atoms with Crippen molar-refractivity contribution in [3.05, 3.63) is 101 Å². The lowest BCUT2D eigenvalue weighted by atomic mass is 10.1. The molecule has 2 heterocycles. The van der Waals surface area contributed by atoms with Crippen molar-refractivity contribution < 1.29 is 71.6 Å². The zero-order valence-electron chi connectivity index (χ0n) is 59.1. The van der Waals surface area contributed by atoms with Gasteiger partial charge in [-0.05, 0) is 97.8 Å². The van der Waals surface area contributed by atoms with Crippen LogP contribution >= 0.6 is 0 Å². The summed E-state index contributed by atoms with van der Waals surface area (Å²) in [5.41, 5.74) is -3.63. The van der Waals surface area contributed by atoms with Crippen molar-refractivity contribution in [2.75, 3.05) is 52.7 Å². The van der Waals surface area contributed by atoms with Crippen LogP contribution in [0.2, 0.25) is 0 Å². The van der Waals surface area contributed by atoms with E-state index < -0.39 is 64.2 Å². The summed E-state index contributed by atoms with van der Waals surface area (Å²) < 4.78 is 36.0. The number of nitrogens with zero attached hydrogens (tertiary/aromatic N) is 6. The van der Waals surface area contributed by atoms with Gasteiger partial charge >= 0.3 is 70.2 Å². The molecule has 0 saturated heterocycles. The SMILES string of the molecule is C=CC(=O)OCCOC(=O)CCCCCCCn1c(=O)n(CCCCCCCC(C)=O)c(=O)n(CCCCCCNC(=O)OCCOC(=O)C=C)c1=O.C=CC(=O)OCCOC(=O)NCCCCCCn1c(=O)n(CCCCCCCC(C)=O)c(=O)n(CCCCCCCC(C)=O)c1=O. The predicted octanol–water partition coefficient (Wildman–Crippen LogP) is 7.78. The number of nitrogens with one attached hydrogen (secondary N) is 2. The minimum Gasteiger partial charge on any atom is -0.462 e. The molecular weight excluding hydrogens is 1290 g/mol. The normalized spacial score (nSPS) is 10.7. The molecule has 2 N–H and O–H groups in total. The van der Waals surface area contributed by atoms with Gasteiger partial charge in [0.25, 0.3) is 0 Å². The molecule has 2 rings (SSSR count). The molecule has 558 valence electrons. The largest absolute Gasteiger partial charge is 0.462 e. The average molecular weight is 1400 g/mol. The molecular formula is C70H112N8O21. The minimum absolute atomic E-state index is 0.0241. The van der Waals surface area contributed by atoms with Gasteiger partial charge in [-0.15, -0.1) is 0 Å². The molecule has 0 aliphatic carbocycles. The predicted molar refractivity (Wildman–Crippen MR) is 371 cm³/mol. The van der Waals surface area contributed by atoms with E-state index in [9.17, 15) is 71.9 Å². The zero-order valence-corrected chi connectivity index (χ0v) is 59.1. The molecule has 0 radical (unpaired) electrons. The van der Waals surface area contributed by atoms with Crippen molar-refractivity contribution in [3.63, 3.8) is 0 Å². The van der Waals surface area contributed by atoms with Gasteiger partial charge < -0.3 is 53.4 Å². The summed E-state index contributed by atoms with van der Waals surface area (Å²) in [5.74, 6) is -1.67. The van der Waals surface area contributed by atoms with Gasteiger partial charge in [-0.25, -0.2) is 80.1 Å². The Morgan fingerprint density at radius 1 is 0.283 bits per heavy atom. The molecule has 0 aliphatic rings. The number of amides is 2. The fraction of sp³-hybridized carbons (Fsp3) is 0.700. The molecule has 0 aliphatic heterocycles. The molecule has 29 heteroatoms. The maximum absolute atomic E-state index is 13.4. The number of ketones is 3. The molecule has 2 aromatic heterocycles. The van der Waals surface area contributed by atoms with Crippen LogP contribution in [0.5, 0.6) is 0 Å². The lowest BCUT2D eigenvalue weighted by Crippen LogP contribution is -2.54. The number of carbonyl (C=O) groups is 9. The summed E-state index contributed by atoms with van der Waals surface area (Å²) in [7, 11) is 0. The van der Waals surface area contributed by atoms with E-state index >= 15 is 0 Å². The van der Waals surface area contributed by atoms with Gasteiger partial charge in [0.1, 0.15) is 57.0 Å². The Labute approximate surface area is 580 Å². The fourth-order valence-corrected chi connectivity index (χ4v) is 10.2. The fourth-order valence-electron chi connectivity index (χ4n) is 10.2. The third-order valence-corrected chi connectivity index (χ3v) is 15.6. The second-order valence-corrected chi connectivity index (χ2v) is 24.1. The Balaban J connectivity index is 0.000001000. The van der Waals surface area contributed by atoms with Crippen LogP contribution in [-0.4, -0.2) is 134 Å². The molecule has 0 spiro atoms. The summed E-state index contributed by atoms with van der Waals surface area (Å²) in [5, 5.41) is 5.22. The van der Waals surface area contributed by atoms with Gasteiger partial charge in [0.05, 0.1) is 0 Å². The second kappa shape index (κ2) is 56.4. The Kier molecular flexibility index (Phi) is 50.4. The maximum Gasteiger partial charge on any atom is 0.407 e. The molecule has 0 fully saturated rings. The smallest absolute Gasteiger partial charge is 0.407 e. The number of ether oxygens (including phenoxy) is 6. The van der Waals surface area contributed by atoms with E-state index in [1.54, 1.807) is 20.8 Å². The molecule has 0 unspecified atom stereocenters. The van der Waals surface area contributed by atoms with Gasteiger partial charge in [0.15, 0.2) is 0 Å². The quantitative estimate of drug-likeness (QED) is 0.0276. The monoisotopic (exact) mass is 1400 g/mol. The average Bonchev–Trinajstić information content (AvgIpc) is 0.797. The zero-order chi connectivity index (χ0) is 73.4. The molecule has 99 heavy (non-hydrogen) atoms. The molecule has 0 atom stereocenters. The molecule has 0 bridgehead atoms. The van der Waals surface area contributed by atoms with Crippen molar-refractivity contribution in [2.45, 2.75) is 266 Å². The third kappa shape index (κ3) is 42.8. The number of unbranched alkanes of at least 4 members (excludes halogenated alkanes) is 22. The molecule has 29 nitrogen and oxygen atoms in total. The van der Waals surface area contributed by atoms with Crippen LogP contribution in [0.1, 0.15) is 226 Å². The van der Waals surface area contributed by atoms with Crippen molar-refractivity contribution in [2.24, 2.45) is 0 Å². The van der Waals surface area contributed by atoms with Gasteiger partial charge in [-0.2, -0.15) is 0 Å². The topological polar surface area (TPSA) is 365 Å². The number of carbonyl (C=O) groups excluding carboxylic acids is 9. The third-order valence-electron chi connectivity index (χ3n) is 15.6. The highest BCUT2D eigenvalue weighted by atomic mass is 16.6. The number of alkyl carbamates (subject to hydrolysis) is 2. The molecule has 2 amide bonds. The Morgan fingerprint density at radius 3 is 0.727 bits per heavy atom. The van der Waals surface area contributed by atoms with Gasteiger partial charge in [-0.3, -0.25) is 4.79 Å². The van der Waals surface area contributed by atoms with Crippen LogP contribution in [0.15, 0.2) is 66.7 Å². The lowest BCUT2D eigenvalue weighted by molar-refractivity contribution is -0.149. The molecule has 2 aromatic rings. The van der Waals surface area contributed by atoms with Crippen LogP contribution in [0, 0.1) is 0 Å². The Bertz CT molecular complexity index is 3030. The summed E-state index contributed by atoms with van der Waals surface area (Å²) in [6, 6.07) is 0. The van der Waals surface area contributed by atoms with Crippen LogP contribution in [0.25, 0.3) is 0 Å². The number of hydrogen-bond donors (Lipinski definition) is 2. The number of esters is 4. The minimum atomic E-state index is -0.634. The van der Waals surface area contributed by atoms with Crippen molar-refractivity contribution >= 4 is 53.4 Å². The summed E-state index contributed by atoms with van der Waals surface area (Å²) in [6.45, 7) is 16.1. The number of rotatable bonds is 58. The standard InChI is InChI=1S/C37H58N4O12.C33H54N4O9/c1-4-31(43)50-26-27-52-33(45)21-15-9-7-12-18-24-40-35(47)39(23-17-11-6-8-14-20-30(3)42)36(48)41(37(40)49)25-19-13-10-16-22-38-34(46)53-29-28-51-32(44)5-2;1-4-29(40)45-25-26-46-30(41)34-21-15-9-12-18-24-37-32(43)35(22-16-10-5-7-13-19-27(2)38)31(42)36(33(37)44)23-17-11-6-8-14-20-28(3)39/h4-5H,1-2,6-29H2,3H3,(H,38,46);4H,1,5-26H2,2-3H3,(H,34,41). The van der Waals surface area contributed by atoms with E-state index in [4.69, 9.17) is 28.4 Å². The highest BCUT2D eigenvalue weighted by Crippen LogP contribution is 2.11. The highest BCUT2D eigenvalue weighted by Gasteiger charge is 2.18. The first-order chi connectivity index (χ1) is 47.6. The van der Waals surface area contributed by atoms with E-state index in [0.717, 1.165) is 133 Å². The van der Waals surface area contributed by atoms with Crippen molar-refractivity contribution in [1.29, 1.82) is 0 Å². The van der Waals surface area contributed by atoms with E-state index in [-0.39, 0.29) is 109 Å². The Morgan fingerprint density at radius 2 is 0.485 bits per heavy atom. The van der Waals surface area contributed by atoms with Gasteiger partial charge in [-0.1, -0.05) is 122 Å². The van der Waals surface area contributed by atoms with Crippen LogP contribution in [0.4, 0.5) is 9.59 Å². The van der Waals surface area contributed by atoms with Crippen LogP contribution < -0.4 is 44.8 Å². The van der Waals surface area contributed by atoms with E-state index in [0.29, 0.717) is 116 Å². The highest BCUT2D eigenvalue weighted by molar-refractivity contribution is 5.82. The summed E-state index contributed by atoms with van der Waals surface area (Å²) >= 11 is 0. The summed E-state index contributed by atoms with van der Waals surface area (Å²) in [6.07, 6.45) is 24.4. The van der Waals surface area contributed by atoms with Crippen molar-refractivity contribution in [3.8, 4) is 0 Å². The first-order valence-electron chi connectivity index (χ1n) is 35.3. The summed E-state index contributed by atoms with van der Waals surface area (Å²) in [4.78, 5) is 182. The van der Waals surface area contributed by atoms with Crippen LogP contribution in [0.3, 0.4) is 0 Å². The Hall–Kier alpha value is -8.53. The van der Waals surface area contributed by atoms with E-state index in [2.05, 4.69) is 30.4 Å². The van der Waals surface area contributed by atoms with Gasteiger partial charge in [0.2, 0.25) is 0 Å². The molecule has 0 saturated carbocycles. The molecule has 0 aromatic carbocycles. The second-order valence-electron chi connectivity index (χ2n) is 24.1. The maximum atomic E-state index is 13.4. The number of hydrogen-bond acceptors (Lipinski definition) is 21. The van der Waals surface area contributed by atoms with E-state index in [1.165, 1.54) is 9.13 Å². The van der Waals surface area contributed by atoms with Gasteiger partial charge in [0, 0.05) is 96.3 Å². The van der Waals surface area contributed by atoms with Crippen LogP contribution in [-0.2, 0) is 101 Å². The van der Waals surface area contributed by atoms with Crippen molar-refractivity contribution in [1.82, 2.24) is 38.0 Å². The first-order valence-corrected chi connectivity index (χ1v) is 35.3. The van der Waals surface area contributed by atoms with E-state index in [1.807, 2.05) is 0 Å². The lowest BCUT2D eigenvalue weighted by Gasteiger charge is -2.14. The number of Topliss-reactive ketones (excluding diaryl/α,β-unsaturated/α-hetero) is 3. The first kappa shape index (κ1) is 88.5. The number of aromatic nitrogens is 6.